The van der Waals surface area contributed by atoms with Crippen molar-refractivity contribution in [1.29, 1.82) is 0 Å². The van der Waals surface area contributed by atoms with Crippen LogP contribution in [0.4, 0.5) is 0 Å². The zero-order valence-corrected chi connectivity index (χ0v) is 15.1. The maximum atomic E-state index is 12.2. The van der Waals surface area contributed by atoms with Gasteiger partial charge in [-0.1, -0.05) is 51.8 Å². The lowest BCUT2D eigenvalue weighted by Gasteiger charge is -2.21. The van der Waals surface area contributed by atoms with Crippen LogP contribution in [0.1, 0.15) is 31.9 Å². The molecule has 0 spiro atoms. The smallest absolute Gasteiger partial charge is 0.289 e. The summed E-state index contributed by atoms with van der Waals surface area (Å²) in [6.07, 6.45) is 1.49. The Morgan fingerprint density at radius 1 is 1.32 bits per heavy atom. The van der Waals surface area contributed by atoms with Crippen LogP contribution in [0.25, 0.3) is 0 Å². The summed E-state index contributed by atoms with van der Waals surface area (Å²) in [6, 6.07) is 7.99. The van der Waals surface area contributed by atoms with E-state index in [2.05, 4.69) is 21.0 Å². The van der Waals surface area contributed by atoms with E-state index in [-0.39, 0.29) is 10.6 Å². The minimum Gasteiger partial charge on any atom is -0.485 e. The summed E-state index contributed by atoms with van der Waals surface area (Å²) in [5.74, 6) is 0.302. The fourth-order valence-corrected chi connectivity index (χ4v) is 2.49. The van der Waals surface area contributed by atoms with E-state index in [0.29, 0.717) is 12.4 Å². The molecule has 22 heavy (non-hydrogen) atoms. The molecule has 2 aromatic rings. The number of halogens is 2. The van der Waals surface area contributed by atoms with Crippen molar-refractivity contribution in [3.8, 4) is 5.75 Å². The van der Waals surface area contributed by atoms with Crippen LogP contribution in [0.3, 0.4) is 0 Å². The summed E-state index contributed by atoms with van der Waals surface area (Å²) in [5, 5.41) is 4.98. The molecule has 1 aromatic carbocycles. The van der Waals surface area contributed by atoms with E-state index in [1.165, 1.54) is 10.9 Å². The van der Waals surface area contributed by atoms with Crippen molar-refractivity contribution < 1.29 is 4.74 Å². The van der Waals surface area contributed by atoms with E-state index in [4.69, 9.17) is 16.3 Å². The molecule has 0 fully saturated rings. The van der Waals surface area contributed by atoms with Crippen LogP contribution in [-0.4, -0.2) is 9.78 Å². The highest BCUT2D eigenvalue weighted by Gasteiger charge is 2.19. The Balaban J connectivity index is 2.20. The fraction of sp³-hybridized carbons (Fsp3) is 0.375. The monoisotopic (exact) mass is 384 g/mol. The quantitative estimate of drug-likeness (QED) is 0.743. The normalized spacial score (nSPS) is 11.5. The molecule has 118 valence electrons. The molecule has 6 heteroatoms. The first kappa shape index (κ1) is 17.0. The van der Waals surface area contributed by atoms with Gasteiger partial charge in [0.2, 0.25) is 0 Å². The Bertz CT molecular complexity index is 723. The number of hydrogen-bond donors (Lipinski definition) is 0. The molecule has 0 aliphatic carbocycles. The molecule has 0 N–H and O–H groups in total. The van der Waals surface area contributed by atoms with E-state index in [9.17, 15) is 4.79 Å². The lowest BCUT2D eigenvalue weighted by molar-refractivity contribution is 0.292. The highest BCUT2D eigenvalue weighted by Crippen LogP contribution is 2.22. The van der Waals surface area contributed by atoms with Gasteiger partial charge in [0.15, 0.2) is 10.8 Å². The van der Waals surface area contributed by atoms with E-state index in [0.717, 1.165) is 16.5 Å². The number of ether oxygens (including phenoxy) is 1. The van der Waals surface area contributed by atoms with Crippen molar-refractivity contribution in [2.45, 2.75) is 38.2 Å². The van der Waals surface area contributed by atoms with E-state index in [1.807, 2.05) is 45.0 Å². The van der Waals surface area contributed by atoms with Gasteiger partial charge in [0.05, 0.1) is 11.7 Å². The van der Waals surface area contributed by atoms with Crippen molar-refractivity contribution in [2.75, 3.05) is 0 Å². The number of alkyl halides is 1. The fourth-order valence-electron chi connectivity index (χ4n) is 1.96. The third-order valence-corrected chi connectivity index (χ3v) is 4.06. The third-order valence-electron chi connectivity index (χ3n) is 3.06. The van der Waals surface area contributed by atoms with Crippen LogP contribution >= 0.6 is 27.5 Å². The highest BCUT2D eigenvalue weighted by molar-refractivity contribution is 9.08. The molecule has 0 aliphatic heterocycles. The Kier molecular flexibility index (Phi) is 5.29. The van der Waals surface area contributed by atoms with Crippen LogP contribution in [0.2, 0.25) is 5.02 Å². The van der Waals surface area contributed by atoms with Crippen molar-refractivity contribution in [3.05, 3.63) is 57.0 Å². The molecule has 0 atom stereocenters. The van der Waals surface area contributed by atoms with Gasteiger partial charge in [-0.2, -0.15) is 5.10 Å². The van der Waals surface area contributed by atoms with Crippen LogP contribution in [0.5, 0.6) is 5.75 Å². The van der Waals surface area contributed by atoms with Gasteiger partial charge in [-0.25, -0.2) is 4.68 Å². The van der Waals surface area contributed by atoms with Crippen LogP contribution in [0.15, 0.2) is 35.3 Å². The van der Waals surface area contributed by atoms with Crippen molar-refractivity contribution >= 4 is 27.5 Å². The Morgan fingerprint density at radius 2 is 2.00 bits per heavy atom. The van der Waals surface area contributed by atoms with Gasteiger partial charge >= 0.3 is 0 Å². The molecular formula is C16H18BrClN2O2. The molecule has 0 amide bonds. The van der Waals surface area contributed by atoms with Crippen molar-refractivity contribution in [3.63, 3.8) is 0 Å². The molecule has 0 bridgehead atoms. The molecule has 0 saturated heterocycles. The summed E-state index contributed by atoms with van der Waals surface area (Å²) in [4.78, 5) is 12.2. The lowest BCUT2D eigenvalue weighted by Crippen LogP contribution is -2.36. The Labute approximate surface area is 143 Å². The standard InChI is InChI=1S/C16H18BrClN2O2/c1-16(2,3)20-15(21)14(18)13(9-19-20)22-10-12-6-4-5-11(7-12)8-17/h4-7,9H,8,10H2,1-3H3. The molecule has 1 heterocycles. The summed E-state index contributed by atoms with van der Waals surface area (Å²) in [6.45, 7) is 6.01. The van der Waals surface area contributed by atoms with Gasteiger partial charge in [-0.15, -0.1) is 0 Å². The second-order valence-electron chi connectivity index (χ2n) is 5.95. The first-order valence-electron chi connectivity index (χ1n) is 6.88. The van der Waals surface area contributed by atoms with E-state index >= 15 is 0 Å². The molecule has 2 rings (SSSR count). The molecular weight excluding hydrogens is 368 g/mol. The van der Waals surface area contributed by atoms with Gasteiger partial charge < -0.3 is 4.74 Å². The predicted octanol–water partition coefficient (Wildman–Crippen LogP) is 4.13. The van der Waals surface area contributed by atoms with Gasteiger partial charge in [-0.05, 0) is 31.9 Å². The summed E-state index contributed by atoms with van der Waals surface area (Å²) in [5.41, 5.74) is 1.39. The summed E-state index contributed by atoms with van der Waals surface area (Å²) >= 11 is 9.54. The molecule has 0 aliphatic rings. The number of hydrogen-bond acceptors (Lipinski definition) is 3. The van der Waals surface area contributed by atoms with Crippen molar-refractivity contribution in [1.82, 2.24) is 9.78 Å². The van der Waals surface area contributed by atoms with Gasteiger partial charge in [0.1, 0.15) is 6.61 Å². The number of aromatic nitrogens is 2. The van der Waals surface area contributed by atoms with Gasteiger partial charge in [0.25, 0.3) is 5.56 Å². The SMILES string of the molecule is CC(C)(C)n1ncc(OCc2cccc(CBr)c2)c(Cl)c1=O. The second-order valence-corrected chi connectivity index (χ2v) is 6.89. The third kappa shape index (κ3) is 3.90. The van der Waals surface area contributed by atoms with Gasteiger partial charge in [0, 0.05) is 5.33 Å². The average Bonchev–Trinajstić information content (AvgIpc) is 2.47. The minimum absolute atomic E-state index is 0.0570. The largest absolute Gasteiger partial charge is 0.485 e. The number of nitrogens with zero attached hydrogens (tertiary/aromatic N) is 2. The lowest BCUT2D eigenvalue weighted by atomic mass is 10.1. The van der Waals surface area contributed by atoms with Crippen molar-refractivity contribution in [2.24, 2.45) is 0 Å². The van der Waals surface area contributed by atoms with Crippen LogP contribution in [0, 0.1) is 0 Å². The molecule has 1 aromatic heterocycles. The van der Waals surface area contributed by atoms with Gasteiger partial charge in [-0.3, -0.25) is 4.79 Å². The van der Waals surface area contributed by atoms with E-state index in [1.54, 1.807) is 0 Å². The molecule has 4 nitrogen and oxygen atoms in total. The number of benzene rings is 1. The summed E-state index contributed by atoms with van der Waals surface area (Å²) in [7, 11) is 0. The van der Waals surface area contributed by atoms with Crippen LogP contribution < -0.4 is 10.3 Å². The second kappa shape index (κ2) is 6.84. The zero-order valence-electron chi connectivity index (χ0n) is 12.8. The maximum absolute atomic E-state index is 12.2. The predicted molar refractivity (Wildman–Crippen MR) is 91.9 cm³/mol. The zero-order chi connectivity index (χ0) is 16.3. The van der Waals surface area contributed by atoms with E-state index < -0.39 is 5.54 Å². The first-order chi connectivity index (χ1) is 10.3. The Morgan fingerprint density at radius 3 is 2.64 bits per heavy atom. The average molecular weight is 386 g/mol. The number of rotatable bonds is 4. The first-order valence-corrected chi connectivity index (χ1v) is 8.38. The maximum Gasteiger partial charge on any atom is 0.289 e. The molecule has 0 unspecified atom stereocenters. The van der Waals surface area contributed by atoms with Crippen LogP contribution in [-0.2, 0) is 17.5 Å². The minimum atomic E-state index is -0.427. The molecule has 0 saturated carbocycles. The topological polar surface area (TPSA) is 44.1 Å². The summed E-state index contributed by atoms with van der Waals surface area (Å²) < 4.78 is 7.00. The Hall–Kier alpha value is -1.33. The molecule has 0 radical (unpaired) electrons. The highest BCUT2D eigenvalue weighted by atomic mass is 79.9.